The quantitative estimate of drug-likeness (QED) is 0.791. The predicted octanol–water partition coefficient (Wildman–Crippen LogP) is 1.13. The van der Waals surface area contributed by atoms with Gasteiger partial charge in [0.1, 0.15) is 19.0 Å². The van der Waals surface area contributed by atoms with Crippen LogP contribution in [-0.4, -0.2) is 32.4 Å². The number of fused-ring (bicyclic) bond motifs is 1. The van der Waals surface area contributed by atoms with E-state index in [1.165, 1.54) is 0 Å². The first kappa shape index (κ1) is 10.4. The van der Waals surface area contributed by atoms with Gasteiger partial charge in [0.25, 0.3) is 0 Å². The molecule has 2 heterocycles. The van der Waals surface area contributed by atoms with E-state index in [0.717, 1.165) is 30.1 Å². The second kappa shape index (κ2) is 4.25. The minimum Gasteiger partial charge on any atom is -0.490 e. The van der Waals surface area contributed by atoms with Crippen molar-refractivity contribution in [2.75, 3.05) is 31.2 Å². The van der Waals surface area contributed by atoms with Crippen LogP contribution >= 0.6 is 0 Å². The van der Waals surface area contributed by atoms with Gasteiger partial charge >= 0.3 is 6.09 Å². The van der Waals surface area contributed by atoms with Gasteiger partial charge in [-0.2, -0.15) is 0 Å². The fourth-order valence-corrected chi connectivity index (χ4v) is 2.15. The number of hydrogen-bond donors (Lipinski definition) is 1. The molecular formula is C12H14N2O3. The van der Waals surface area contributed by atoms with E-state index in [1.54, 1.807) is 4.90 Å². The predicted molar refractivity (Wildman–Crippen MR) is 62.3 cm³/mol. The molecule has 1 N–H and O–H groups in total. The van der Waals surface area contributed by atoms with Gasteiger partial charge in [0.2, 0.25) is 0 Å². The van der Waals surface area contributed by atoms with E-state index in [1.807, 2.05) is 18.2 Å². The summed E-state index contributed by atoms with van der Waals surface area (Å²) in [6.45, 7) is 3.24. The summed E-state index contributed by atoms with van der Waals surface area (Å²) in [5, 5.41) is 3.27. The van der Waals surface area contributed by atoms with Gasteiger partial charge in [-0.25, -0.2) is 4.79 Å². The van der Waals surface area contributed by atoms with Crippen molar-refractivity contribution in [3.63, 3.8) is 0 Å². The molecule has 0 bridgehead atoms. The number of cyclic esters (lactones) is 1. The third-order valence-corrected chi connectivity index (χ3v) is 2.97. The standard InChI is InChI=1S/C12H14N2O3/c15-12-14(5-7-17-12)10-3-1-2-9-8-13-4-6-16-11(9)10/h1-3,13H,4-8H2. The van der Waals surface area contributed by atoms with E-state index in [0.29, 0.717) is 19.8 Å². The Bertz CT molecular complexity index is 447. The molecule has 0 radical (unpaired) electrons. The molecule has 0 aliphatic carbocycles. The summed E-state index contributed by atoms with van der Waals surface area (Å²) < 4.78 is 10.7. The van der Waals surface area contributed by atoms with Crippen LogP contribution in [0.15, 0.2) is 18.2 Å². The summed E-state index contributed by atoms with van der Waals surface area (Å²) >= 11 is 0. The molecule has 3 rings (SSSR count). The summed E-state index contributed by atoms with van der Waals surface area (Å²) in [4.78, 5) is 13.2. The Morgan fingerprint density at radius 2 is 2.18 bits per heavy atom. The molecule has 2 aliphatic rings. The molecule has 0 atom stereocenters. The first-order chi connectivity index (χ1) is 8.36. The summed E-state index contributed by atoms with van der Waals surface area (Å²) in [6.07, 6.45) is -0.292. The average molecular weight is 234 g/mol. The minimum absolute atomic E-state index is 0.292. The fourth-order valence-electron chi connectivity index (χ4n) is 2.15. The van der Waals surface area contributed by atoms with Gasteiger partial charge in [-0.05, 0) is 6.07 Å². The molecule has 17 heavy (non-hydrogen) atoms. The molecule has 0 unspecified atom stereocenters. The smallest absolute Gasteiger partial charge is 0.414 e. The molecule has 5 heteroatoms. The highest BCUT2D eigenvalue weighted by molar-refractivity contribution is 5.91. The number of amides is 1. The van der Waals surface area contributed by atoms with Crippen LogP contribution in [0.1, 0.15) is 5.56 Å². The maximum absolute atomic E-state index is 11.6. The molecule has 1 fully saturated rings. The van der Waals surface area contributed by atoms with Crippen molar-refractivity contribution in [2.45, 2.75) is 6.54 Å². The Morgan fingerprint density at radius 3 is 3.00 bits per heavy atom. The lowest BCUT2D eigenvalue weighted by atomic mass is 10.1. The zero-order valence-electron chi connectivity index (χ0n) is 9.44. The van der Waals surface area contributed by atoms with Crippen molar-refractivity contribution in [1.29, 1.82) is 0 Å². The molecule has 2 aliphatic heterocycles. The lowest BCUT2D eigenvalue weighted by Crippen LogP contribution is -2.24. The minimum atomic E-state index is -0.292. The van der Waals surface area contributed by atoms with Crippen molar-refractivity contribution in [3.8, 4) is 5.75 Å². The number of hydrogen-bond acceptors (Lipinski definition) is 4. The van der Waals surface area contributed by atoms with E-state index in [-0.39, 0.29) is 6.09 Å². The first-order valence-electron chi connectivity index (χ1n) is 5.76. The van der Waals surface area contributed by atoms with Gasteiger partial charge in [-0.15, -0.1) is 0 Å². The van der Waals surface area contributed by atoms with E-state index >= 15 is 0 Å². The van der Waals surface area contributed by atoms with Crippen molar-refractivity contribution in [1.82, 2.24) is 5.32 Å². The van der Waals surface area contributed by atoms with Crippen LogP contribution in [0.3, 0.4) is 0 Å². The van der Waals surface area contributed by atoms with Crippen molar-refractivity contribution < 1.29 is 14.3 Å². The van der Waals surface area contributed by atoms with Crippen LogP contribution in [0.5, 0.6) is 5.75 Å². The zero-order chi connectivity index (χ0) is 11.7. The van der Waals surface area contributed by atoms with Crippen LogP contribution in [-0.2, 0) is 11.3 Å². The van der Waals surface area contributed by atoms with Crippen molar-refractivity contribution in [2.24, 2.45) is 0 Å². The fraction of sp³-hybridized carbons (Fsp3) is 0.417. The number of nitrogens with zero attached hydrogens (tertiary/aromatic N) is 1. The Labute approximate surface area is 99.3 Å². The monoisotopic (exact) mass is 234 g/mol. The molecule has 0 saturated carbocycles. The molecule has 1 aromatic rings. The third kappa shape index (κ3) is 1.82. The normalized spacial score (nSPS) is 19.3. The van der Waals surface area contributed by atoms with Crippen LogP contribution < -0.4 is 15.0 Å². The van der Waals surface area contributed by atoms with E-state index in [9.17, 15) is 4.79 Å². The van der Waals surface area contributed by atoms with Crippen molar-refractivity contribution >= 4 is 11.8 Å². The highest BCUT2D eigenvalue weighted by Crippen LogP contribution is 2.34. The maximum atomic E-state index is 11.6. The molecule has 0 spiro atoms. The Morgan fingerprint density at radius 1 is 1.24 bits per heavy atom. The summed E-state index contributed by atoms with van der Waals surface area (Å²) in [6, 6.07) is 5.85. The van der Waals surface area contributed by atoms with E-state index in [2.05, 4.69) is 5.32 Å². The lowest BCUT2D eigenvalue weighted by molar-refractivity contribution is 0.181. The first-order valence-corrected chi connectivity index (χ1v) is 5.76. The molecule has 1 amide bonds. The number of anilines is 1. The molecule has 5 nitrogen and oxygen atoms in total. The topological polar surface area (TPSA) is 50.8 Å². The van der Waals surface area contributed by atoms with E-state index in [4.69, 9.17) is 9.47 Å². The molecule has 1 aromatic carbocycles. The SMILES string of the molecule is O=C1OCCN1c1cccc2c1OCCNC2. The molecule has 1 saturated heterocycles. The van der Waals surface area contributed by atoms with Gasteiger partial charge in [-0.3, -0.25) is 4.90 Å². The van der Waals surface area contributed by atoms with Gasteiger partial charge in [-0.1, -0.05) is 12.1 Å². The Balaban J connectivity index is 2.01. The largest absolute Gasteiger partial charge is 0.490 e. The second-order valence-corrected chi connectivity index (χ2v) is 4.06. The third-order valence-electron chi connectivity index (χ3n) is 2.97. The lowest BCUT2D eigenvalue weighted by Gasteiger charge is -2.18. The average Bonchev–Trinajstić information content (AvgIpc) is 2.63. The number of rotatable bonds is 1. The summed E-state index contributed by atoms with van der Waals surface area (Å²) in [5.41, 5.74) is 1.90. The zero-order valence-corrected chi connectivity index (χ0v) is 9.44. The second-order valence-electron chi connectivity index (χ2n) is 4.06. The number of ether oxygens (including phenoxy) is 2. The van der Waals surface area contributed by atoms with Gasteiger partial charge in [0, 0.05) is 18.7 Å². The number of nitrogens with one attached hydrogen (secondary N) is 1. The number of carbonyl (C=O) groups excluding carboxylic acids is 1. The van der Waals surface area contributed by atoms with Crippen molar-refractivity contribution in [3.05, 3.63) is 23.8 Å². The van der Waals surface area contributed by atoms with Gasteiger partial charge < -0.3 is 14.8 Å². The number of para-hydroxylation sites is 1. The maximum Gasteiger partial charge on any atom is 0.414 e. The molecular weight excluding hydrogens is 220 g/mol. The summed E-state index contributed by atoms with van der Waals surface area (Å²) in [7, 11) is 0. The summed E-state index contributed by atoms with van der Waals surface area (Å²) in [5.74, 6) is 0.802. The van der Waals surface area contributed by atoms with Gasteiger partial charge in [0.05, 0.1) is 12.2 Å². The Kier molecular flexibility index (Phi) is 2.60. The number of benzene rings is 1. The van der Waals surface area contributed by atoms with Crippen LogP contribution in [0.25, 0.3) is 0 Å². The Hall–Kier alpha value is -1.75. The molecule has 0 aromatic heterocycles. The highest BCUT2D eigenvalue weighted by Gasteiger charge is 2.27. The molecule has 90 valence electrons. The van der Waals surface area contributed by atoms with Crippen LogP contribution in [0, 0.1) is 0 Å². The van der Waals surface area contributed by atoms with Gasteiger partial charge in [0.15, 0.2) is 0 Å². The number of carbonyl (C=O) groups is 1. The van der Waals surface area contributed by atoms with Crippen LogP contribution in [0.4, 0.5) is 10.5 Å². The highest BCUT2D eigenvalue weighted by atomic mass is 16.6. The van der Waals surface area contributed by atoms with E-state index < -0.39 is 0 Å². The van der Waals surface area contributed by atoms with Crippen LogP contribution in [0.2, 0.25) is 0 Å².